The molecule has 0 spiro atoms. The molecule has 0 saturated heterocycles. The minimum absolute atomic E-state index is 0.0709. The van der Waals surface area contributed by atoms with Gasteiger partial charge < -0.3 is 15.0 Å². The number of hydrogen-bond acceptors (Lipinski definition) is 3. The van der Waals surface area contributed by atoms with Crippen LogP contribution in [0.5, 0.6) is 5.75 Å². The molecule has 1 aromatic carbocycles. The molecule has 0 aliphatic carbocycles. The fraction of sp³-hybridized carbons (Fsp3) is 0.462. The van der Waals surface area contributed by atoms with Crippen molar-refractivity contribution in [3.8, 4) is 5.75 Å². The third kappa shape index (κ3) is 5.36. The second-order valence-corrected chi connectivity index (χ2v) is 4.18. The van der Waals surface area contributed by atoms with Gasteiger partial charge in [0.15, 0.2) is 0 Å². The molecule has 0 bridgehead atoms. The van der Waals surface area contributed by atoms with Gasteiger partial charge in [0.2, 0.25) is 5.91 Å². The van der Waals surface area contributed by atoms with Crippen molar-refractivity contribution in [2.24, 2.45) is 0 Å². The second-order valence-electron chi connectivity index (χ2n) is 4.18. The summed E-state index contributed by atoms with van der Waals surface area (Å²) in [5.41, 5.74) is 1.04. The summed E-state index contributed by atoms with van der Waals surface area (Å²) in [4.78, 5) is 13.5. The van der Waals surface area contributed by atoms with Crippen molar-refractivity contribution >= 4 is 5.91 Å². The highest BCUT2D eigenvalue weighted by Gasteiger charge is 2.02. The van der Waals surface area contributed by atoms with Gasteiger partial charge in [-0.25, -0.2) is 0 Å². The van der Waals surface area contributed by atoms with E-state index in [0.29, 0.717) is 13.0 Å². The fourth-order valence-electron chi connectivity index (χ4n) is 1.40. The molecule has 1 N–H and O–H groups in total. The zero-order valence-electron chi connectivity index (χ0n) is 10.7. The quantitative estimate of drug-likeness (QED) is 0.808. The van der Waals surface area contributed by atoms with Gasteiger partial charge in [-0.2, -0.15) is 0 Å². The molecule has 0 radical (unpaired) electrons. The lowest BCUT2D eigenvalue weighted by Crippen LogP contribution is -2.26. The average Bonchev–Trinajstić information content (AvgIpc) is 2.34. The average molecular weight is 236 g/mol. The number of carbonyl (C=O) groups excluding carboxylic acids is 1. The van der Waals surface area contributed by atoms with Crippen molar-refractivity contribution < 1.29 is 9.53 Å². The zero-order chi connectivity index (χ0) is 12.7. The number of carbonyl (C=O) groups is 1. The smallest absolute Gasteiger partial charge is 0.221 e. The summed E-state index contributed by atoms with van der Waals surface area (Å²) in [5.74, 6) is 0.881. The molecular formula is C13H20N2O2. The molecule has 0 saturated carbocycles. The normalized spacial score (nSPS) is 10.4. The van der Waals surface area contributed by atoms with E-state index in [9.17, 15) is 4.79 Å². The molecule has 1 rings (SSSR count). The van der Waals surface area contributed by atoms with Gasteiger partial charge in [-0.1, -0.05) is 12.1 Å². The van der Waals surface area contributed by atoms with Crippen LogP contribution in [0.4, 0.5) is 0 Å². The molecule has 0 unspecified atom stereocenters. The Kier molecular flexibility index (Phi) is 5.49. The maximum absolute atomic E-state index is 11.5. The molecule has 1 aromatic rings. The van der Waals surface area contributed by atoms with Crippen LogP contribution < -0.4 is 10.1 Å². The highest BCUT2D eigenvalue weighted by molar-refractivity contribution is 5.76. The van der Waals surface area contributed by atoms with Crippen LogP contribution in [0.3, 0.4) is 0 Å². The number of amides is 1. The molecule has 4 nitrogen and oxygen atoms in total. The highest BCUT2D eigenvalue weighted by atomic mass is 16.5. The van der Waals surface area contributed by atoms with Crippen LogP contribution in [-0.2, 0) is 11.3 Å². The number of ether oxygens (including phenoxy) is 1. The predicted molar refractivity (Wildman–Crippen MR) is 68.0 cm³/mol. The van der Waals surface area contributed by atoms with E-state index in [1.807, 2.05) is 43.3 Å². The van der Waals surface area contributed by atoms with Gasteiger partial charge in [0, 0.05) is 19.5 Å². The largest absolute Gasteiger partial charge is 0.497 e. The van der Waals surface area contributed by atoms with Gasteiger partial charge in [0.1, 0.15) is 5.75 Å². The van der Waals surface area contributed by atoms with Crippen LogP contribution in [0.25, 0.3) is 0 Å². The molecule has 0 aromatic heterocycles. The van der Waals surface area contributed by atoms with E-state index < -0.39 is 0 Å². The molecule has 1 amide bonds. The summed E-state index contributed by atoms with van der Waals surface area (Å²) < 4.78 is 5.12. The lowest BCUT2D eigenvalue weighted by atomic mass is 10.2. The predicted octanol–water partition coefficient (Wildman–Crippen LogP) is 1.26. The Bertz CT molecular complexity index is 364. The van der Waals surface area contributed by atoms with E-state index in [2.05, 4.69) is 5.32 Å². The molecule has 0 fully saturated rings. The summed E-state index contributed by atoms with van der Waals surface area (Å²) in [7, 11) is 5.54. The molecule has 0 atom stereocenters. The monoisotopic (exact) mass is 236 g/mol. The highest BCUT2D eigenvalue weighted by Crippen LogP contribution is 2.12. The van der Waals surface area contributed by atoms with E-state index in [1.54, 1.807) is 7.11 Å². The summed E-state index contributed by atoms with van der Waals surface area (Å²) >= 11 is 0. The van der Waals surface area contributed by atoms with E-state index in [-0.39, 0.29) is 5.91 Å². The number of nitrogens with one attached hydrogen (secondary N) is 1. The molecule has 4 heteroatoms. The Hall–Kier alpha value is -1.55. The third-order valence-corrected chi connectivity index (χ3v) is 2.41. The zero-order valence-corrected chi connectivity index (χ0v) is 10.7. The van der Waals surface area contributed by atoms with Gasteiger partial charge >= 0.3 is 0 Å². The fourth-order valence-corrected chi connectivity index (χ4v) is 1.40. The lowest BCUT2D eigenvalue weighted by molar-refractivity contribution is -0.121. The molecular weight excluding hydrogens is 216 g/mol. The van der Waals surface area contributed by atoms with Crippen molar-refractivity contribution in [1.29, 1.82) is 0 Å². The van der Waals surface area contributed by atoms with Crippen LogP contribution >= 0.6 is 0 Å². The Balaban J connectivity index is 2.36. The number of rotatable bonds is 6. The van der Waals surface area contributed by atoms with Gasteiger partial charge in [0.05, 0.1) is 7.11 Å². The van der Waals surface area contributed by atoms with Crippen molar-refractivity contribution in [1.82, 2.24) is 10.2 Å². The maximum Gasteiger partial charge on any atom is 0.221 e. The summed E-state index contributed by atoms with van der Waals surface area (Å²) in [5, 5.41) is 2.88. The summed E-state index contributed by atoms with van der Waals surface area (Å²) in [6, 6.07) is 7.69. The first kappa shape index (κ1) is 13.5. The molecule has 0 aliphatic rings. The minimum atomic E-state index is 0.0709. The van der Waals surface area contributed by atoms with E-state index >= 15 is 0 Å². The number of hydrogen-bond donors (Lipinski definition) is 1. The van der Waals surface area contributed by atoms with Crippen LogP contribution in [0, 0.1) is 0 Å². The van der Waals surface area contributed by atoms with Crippen LogP contribution in [-0.4, -0.2) is 38.6 Å². The Morgan fingerprint density at radius 1 is 1.41 bits per heavy atom. The van der Waals surface area contributed by atoms with Gasteiger partial charge in [0.25, 0.3) is 0 Å². The SMILES string of the molecule is COc1cccc(CNC(=O)CCN(C)C)c1. The Morgan fingerprint density at radius 2 is 2.18 bits per heavy atom. The van der Waals surface area contributed by atoms with E-state index in [4.69, 9.17) is 4.74 Å². The molecule has 94 valence electrons. The Labute approximate surface area is 103 Å². The topological polar surface area (TPSA) is 41.6 Å². The molecule has 0 heterocycles. The number of benzene rings is 1. The van der Waals surface area contributed by atoms with Crippen LogP contribution in [0.15, 0.2) is 24.3 Å². The first-order chi connectivity index (χ1) is 8.11. The minimum Gasteiger partial charge on any atom is -0.497 e. The van der Waals surface area contributed by atoms with Crippen molar-refractivity contribution in [3.05, 3.63) is 29.8 Å². The van der Waals surface area contributed by atoms with E-state index in [1.165, 1.54) is 0 Å². The molecule has 17 heavy (non-hydrogen) atoms. The second kappa shape index (κ2) is 6.91. The van der Waals surface area contributed by atoms with Crippen molar-refractivity contribution in [3.63, 3.8) is 0 Å². The summed E-state index contributed by atoms with van der Waals surface area (Å²) in [6.07, 6.45) is 0.525. The standard InChI is InChI=1S/C13H20N2O2/c1-15(2)8-7-13(16)14-10-11-5-4-6-12(9-11)17-3/h4-6,9H,7-8,10H2,1-3H3,(H,14,16). The van der Waals surface area contributed by atoms with E-state index in [0.717, 1.165) is 17.9 Å². The number of methoxy groups -OCH3 is 1. The summed E-state index contributed by atoms with van der Waals surface area (Å²) in [6.45, 7) is 1.31. The van der Waals surface area contributed by atoms with Crippen molar-refractivity contribution in [2.75, 3.05) is 27.7 Å². The van der Waals surface area contributed by atoms with Crippen LogP contribution in [0.1, 0.15) is 12.0 Å². The first-order valence-electron chi connectivity index (χ1n) is 5.66. The molecule has 0 aliphatic heterocycles. The van der Waals surface area contributed by atoms with Crippen LogP contribution in [0.2, 0.25) is 0 Å². The maximum atomic E-state index is 11.5. The Morgan fingerprint density at radius 3 is 2.82 bits per heavy atom. The lowest BCUT2D eigenvalue weighted by Gasteiger charge is -2.10. The van der Waals surface area contributed by atoms with Gasteiger partial charge in [-0.15, -0.1) is 0 Å². The third-order valence-electron chi connectivity index (χ3n) is 2.41. The van der Waals surface area contributed by atoms with Gasteiger partial charge in [-0.05, 0) is 31.8 Å². The van der Waals surface area contributed by atoms with Gasteiger partial charge in [-0.3, -0.25) is 4.79 Å². The number of nitrogens with zero attached hydrogens (tertiary/aromatic N) is 1. The van der Waals surface area contributed by atoms with Crippen molar-refractivity contribution in [2.45, 2.75) is 13.0 Å². The first-order valence-corrected chi connectivity index (χ1v) is 5.66.